The third kappa shape index (κ3) is 4.38. The third-order valence-corrected chi connectivity index (χ3v) is 6.12. The predicted octanol–water partition coefficient (Wildman–Crippen LogP) is 4.23. The van der Waals surface area contributed by atoms with Crippen LogP contribution >= 0.6 is 0 Å². The Morgan fingerprint density at radius 2 is 1.88 bits per heavy atom. The molecule has 0 aromatic heterocycles. The van der Waals surface area contributed by atoms with Crippen LogP contribution in [0.5, 0.6) is 0 Å². The predicted molar refractivity (Wildman–Crippen MR) is 102 cm³/mol. The second-order valence-corrected chi connectivity index (χ2v) is 8.48. The normalized spacial score (nSPS) is 26.7. The summed E-state index contributed by atoms with van der Waals surface area (Å²) in [6.07, 6.45) is 8.58. The van der Waals surface area contributed by atoms with Crippen molar-refractivity contribution < 1.29 is 9.59 Å². The van der Waals surface area contributed by atoms with E-state index in [1.54, 1.807) is 0 Å². The van der Waals surface area contributed by atoms with Gasteiger partial charge in [0.1, 0.15) is 0 Å². The Morgan fingerprint density at radius 1 is 1.20 bits per heavy atom. The van der Waals surface area contributed by atoms with Crippen LogP contribution in [0.1, 0.15) is 85.5 Å². The molecule has 0 radical (unpaired) electrons. The highest BCUT2D eigenvalue weighted by atomic mass is 16.2. The maximum absolute atomic E-state index is 13.6. The van der Waals surface area contributed by atoms with Crippen LogP contribution in [0.15, 0.2) is 0 Å². The van der Waals surface area contributed by atoms with E-state index in [0.29, 0.717) is 18.2 Å². The SMILES string of the molecule is CCCN(CCC)C(=O)[C@@]12CCCC[C@H]1N(CCC(C)C)C(=O)CC2. The van der Waals surface area contributed by atoms with Crippen LogP contribution in [0, 0.1) is 11.3 Å². The highest BCUT2D eigenvalue weighted by molar-refractivity contribution is 5.88. The van der Waals surface area contributed by atoms with Gasteiger partial charge in [0.25, 0.3) is 0 Å². The van der Waals surface area contributed by atoms with E-state index in [0.717, 1.165) is 71.0 Å². The summed E-state index contributed by atoms with van der Waals surface area (Å²) in [4.78, 5) is 30.4. The number of nitrogens with zero attached hydrogens (tertiary/aromatic N) is 2. The highest BCUT2D eigenvalue weighted by Crippen LogP contribution is 2.47. The maximum Gasteiger partial charge on any atom is 0.230 e. The quantitative estimate of drug-likeness (QED) is 0.657. The number of rotatable bonds is 8. The van der Waals surface area contributed by atoms with E-state index in [9.17, 15) is 9.59 Å². The molecule has 2 atom stereocenters. The van der Waals surface area contributed by atoms with Crippen molar-refractivity contribution in [3.8, 4) is 0 Å². The van der Waals surface area contributed by atoms with Crippen molar-refractivity contribution in [2.75, 3.05) is 19.6 Å². The topological polar surface area (TPSA) is 40.6 Å². The van der Waals surface area contributed by atoms with E-state index >= 15 is 0 Å². The Hall–Kier alpha value is -1.06. The van der Waals surface area contributed by atoms with Crippen LogP contribution in [0.2, 0.25) is 0 Å². The fraction of sp³-hybridized carbons (Fsp3) is 0.905. The molecule has 2 rings (SSSR count). The first kappa shape index (κ1) is 20.3. The van der Waals surface area contributed by atoms with E-state index < -0.39 is 0 Å². The van der Waals surface area contributed by atoms with Gasteiger partial charge in [0.15, 0.2) is 0 Å². The van der Waals surface area contributed by atoms with Gasteiger partial charge in [-0.2, -0.15) is 0 Å². The maximum atomic E-state index is 13.6. The first-order valence-electron chi connectivity index (χ1n) is 10.5. The standard InChI is InChI=1S/C21H38N2O2/c1-5-14-22(15-6-2)20(25)21-12-8-7-9-18(21)23(16-11-17(3)4)19(24)10-13-21/h17-18H,5-16H2,1-4H3/t18-,21-/m1/s1. The largest absolute Gasteiger partial charge is 0.342 e. The number of carbonyl (C=O) groups is 2. The van der Waals surface area contributed by atoms with Crippen LogP contribution < -0.4 is 0 Å². The van der Waals surface area contributed by atoms with Crippen molar-refractivity contribution in [1.29, 1.82) is 0 Å². The zero-order valence-electron chi connectivity index (χ0n) is 16.9. The average Bonchev–Trinajstić information content (AvgIpc) is 2.60. The van der Waals surface area contributed by atoms with Crippen LogP contribution in [0.4, 0.5) is 0 Å². The summed E-state index contributed by atoms with van der Waals surface area (Å²) in [5.74, 6) is 1.19. The smallest absolute Gasteiger partial charge is 0.230 e. The molecule has 0 N–H and O–H groups in total. The molecule has 4 heteroatoms. The van der Waals surface area contributed by atoms with Gasteiger partial charge in [0.2, 0.25) is 11.8 Å². The Balaban J connectivity index is 2.27. The number of hydrogen-bond acceptors (Lipinski definition) is 2. The lowest BCUT2D eigenvalue weighted by molar-refractivity contribution is -0.162. The molecule has 144 valence electrons. The van der Waals surface area contributed by atoms with Gasteiger partial charge >= 0.3 is 0 Å². The summed E-state index contributed by atoms with van der Waals surface area (Å²) in [6, 6.07) is 0.130. The molecule has 1 aliphatic carbocycles. The third-order valence-electron chi connectivity index (χ3n) is 6.12. The molecule has 2 fully saturated rings. The summed E-state index contributed by atoms with van der Waals surface area (Å²) >= 11 is 0. The fourth-order valence-electron chi connectivity index (χ4n) is 4.82. The molecule has 0 spiro atoms. The Bertz CT molecular complexity index is 457. The van der Waals surface area contributed by atoms with E-state index in [4.69, 9.17) is 0 Å². The van der Waals surface area contributed by atoms with E-state index in [1.165, 1.54) is 0 Å². The molecular weight excluding hydrogens is 312 g/mol. The number of amides is 2. The summed E-state index contributed by atoms with van der Waals surface area (Å²) in [5.41, 5.74) is -0.312. The van der Waals surface area contributed by atoms with Crippen molar-refractivity contribution in [2.24, 2.45) is 11.3 Å². The van der Waals surface area contributed by atoms with Crippen LogP contribution in [0.3, 0.4) is 0 Å². The van der Waals surface area contributed by atoms with Gasteiger partial charge in [0.05, 0.1) is 5.41 Å². The number of piperidine rings is 1. The minimum absolute atomic E-state index is 0.130. The summed E-state index contributed by atoms with van der Waals surface area (Å²) in [7, 11) is 0. The lowest BCUT2D eigenvalue weighted by Crippen LogP contribution is -2.62. The Labute approximate surface area is 154 Å². The molecule has 2 aliphatic rings. The molecule has 2 amide bonds. The van der Waals surface area contributed by atoms with E-state index in [-0.39, 0.29) is 17.4 Å². The van der Waals surface area contributed by atoms with Gasteiger partial charge in [-0.05, 0) is 44.4 Å². The van der Waals surface area contributed by atoms with E-state index in [1.807, 2.05) is 0 Å². The summed E-state index contributed by atoms with van der Waals surface area (Å²) < 4.78 is 0. The van der Waals surface area contributed by atoms with Crippen LogP contribution in [-0.2, 0) is 9.59 Å². The second kappa shape index (κ2) is 9.05. The minimum atomic E-state index is -0.312. The van der Waals surface area contributed by atoms with Crippen LogP contribution in [0.25, 0.3) is 0 Å². The zero-order valence-corrected chi connectivity index (χ0v) is 16.9. The molecule has 0 aromatic rings. The first-order valence-corrected chi connectivity index (χ1v) is 10.5. The molecule has 1 saturated heterocycles. The fourth-order valence-corrected chi connectivity index (χ4v) is 4.82. The van der Waals surface area contributed by atoms with Gasteiger partial charge in [0, 0.05) is 32.1 Å². The molecule has 25 heavy (non-hydrogen) atoms. The van der Waals surface area contributed by atoms with Gasteiger partial charge in [-0.25, -0.2) is 0 Å². The lowest BCUT2D eigenvalue weighted by Gasteiger charge is -2.53. The van der Waals surface area contributed by atoms with Crippen molar-refractivity contribution >= 4 is 11.8 Å². The van der Waals surface area contributed by atoms with Crippen molar-refractivity contribution in [3.05, 3.63) is 0 Å². The summed E-state index contributed by atoms with van der Waals surface area (Å²) in [5, 5.41) is 0. The molecule has 1 aliphatic heterocycles. The van der Waals surface area contributed by atoms with Crippen LogP contribution in [-0.4, -0.2) is 47.3 Å². The van der Waals surface area contributed by atoms with Crippen molar-refractivity contribution in [3.63, 3.8) is 0 Å². The van der Waals surface area contributed by atoms with E-state index in [2.05, 4.69) is 37.5 Å². The second-order valence-electron chi connectivity index (χ2n) is 8.48. The summed E-state index contributed by atoms with van der Waals surface area (Å²) in [6.45, 7) is 11.2. The molecule has 0 aromatic carbocycles. The molecule has 1 saturated carbocycles. The van der Waals surface area contributed by atoms with Gasteiger partial charge in [-0.1, -0.05) is 40.5 Å². The molecule has 1 heterocycles. The van der Waals surface area contributed by atoms with Gasteiger partial charge in [-0.15, -0.1) is 0 Å². The average molecular weight is 351 g/mol. The molecule has 0 unspecified atom stereocenters. The van der Waals surface area contributed by atoms with Crippen molar-refractivity contribution in [1.82, 2.24) is 9.80 Å². The number of fused-ring (bicyclic) bond motifs is 1. The number of carbonyl (C=O) groups excluding carboxylic acids is 2. The molecule has 0 bridgehead atoms. The molecular formula is C21H38N2O2. The van der Waals surface area contributed by atoms with Crippen molar-refractivity contribution in [2.45, 2.75) is 91.5 Å². The monoisotopic (exact) mass is 350 g/mol. The Kier molecular flexibility index (Phi) is 7.33. The first-order chi connectivity index (χ1) is 12.0. The zero-order chi connectivity index (χ0) is 18.4. The highest BCUT2D eigenvalue weighted by Gasteiger charge is 2.54. The number of hydrogen-bond donors (Lipinski definition) is 0. The Morgan fingerprint density at radius 3 is 2.48 bits per heavy atom. The molecule has 4 nitrogen and oxygen atoms in total. The number of likely N-dealkylation sites (tertiary alicyclic amines) is 1. The van der Waals surface area contributed by atoms with Gasteiger partial charge < -0.3 is 9.80 Å². The minimum Gasteiger partial charge on any atom is -0.342 e. The van der Waals surface area contributed by atoms with Gasteiger partial charge in [-0.3, -0.25) is 9.59 Å². The lowest BCUT2D eigenvalue weighted by atomic mass is 9.64.